The average Bonchev–Trinajstić information content (AvgIpc) is 2.54. The number of nitrogens with one attached hydrogen (secondary N) is 1. The molecule has 0 spiro atoms. The van der Waals surface area contributed by atoms with E-state index in [9.17, 15) is 4.79 Å². The van der Waals surface area contributed by atoms with Gasteiger partial charge in [-0.25, -0.2) is 0 Å². The molecule has 5 heteroatoms. The van der Waals surface area contributed by atoms with Crippen LogP contribution >= 0.6 is 23.2 Å². The molecule has 0 saturated carbocycles. The minimum atomic E-state index is -0.784. The molecule has 0 bridgehead atoms. The molecule has 0 saturated heterocycles. The summed E-state index contributed by atoms with van der Waals surface area (Å²) in [4.78, 5) is 12.5. The number of amides is 1. The highest BCUT2D eigenvalue weighted by molar-refractivity contribution is 6.42. The van der Waals surface area contributed by atoms with E-state index in [0.717, 1.165) is 11.1 Å². The lowest BCUT2D eigenvalue weighted by molar-refractivity contribution is -0.128. The van der Waals surface area contributed by atoms with Gasteiger partial charge in [0.2, 0.25) is 6.10 Å². The van der Waals surface area contributed by atoms with Gasteiger partial charge < -0.3 is 10.1 Å². The molecule has 0 aliphatic heterocycles. The zero-order valence-electron chi connectivity index (χ0n) is 12.7. The van der Waals surface area contributed by atoms with Crippen LogP contribution in [-0.2, 0) is 4.79 Å². The third-order valence-electron chi connectivity index (χ3n) is 3.05. The average molecular weight is 350 g/mol. The highest BCUT2D eigenvalue weighted by Gasteiger charge is 2.22. The first-order valence-corrected chi connectivity index (χ1v) is 7.81. The summed E-state index contributed by atoms with van der Waals surface area (Å²) in [7, 11) is 0. The molecule has 2 aromatic rings. The maximum Gasteiger partial charge on any atom is 0.266 e. The van der Waals surface area contributed by atoms with E-state index in [0.29, 0.717) is 22.3 Å². The van der Waals surface area contributed by atoms with Crippen LogP contribution in [-0.4, -0.2) is 12.5 Å². The summed E-state index contributed by atoms with van der Waals surface area (Å²) in [6.07, 6.45) is -0.784. The van der Waals surface area contributed by atoms with Crippen LogP contribution in [0.3, 0.4) is 0 Å². The summed E-state index contributed by atoms with van der Waals surface area (Å²) in [6.45, 7) is 6.02. The minimum Gasteiger partial charge on any atom is -0.476 e. The fraction of sp³-hybridized carbons (Fsp3) is 0.167. The molecule has 0 radical (unpaired) electrons. The van der Waals surface area contributed by atoms with Crippen molar-refractivity contribution in [3.8, 4) is 5.75 Å². The molecule has 120 valence electrons. The second-order valence-electron chi connectivity index (χ2n) is 5.16. The molecule has 1 atom stereocenters. The predicted octanol–water partition coefficient (Wildman–Crippen LogP) is 4.81. The fourth-order valence-electron chi connectivity index (χ4n) is 1.92. The lowest BCUT2D eigenvalue weighted by atomic mass is 10.1. The second-order valence-corrected chi connectivity index (χ2v) is 5.97. The maximum absolute atomic E-state index is 12.5. The quantitative estimate of drug-likeness (QED) is 0.760. The Labute approximate surface area is 145 Å². The molecule has 0 aliphatic carbocycles. The van der Waals surface area contributed by atoms with Crippen molar-refractivity contribution in [3.63, 3.8) is 0 Å². The molecular formula is C18H17Cl2NO2. The molecule has 1 unspecified atom stereocenters. The van der Waals surface area contributed by atoms with Crippen LogP contribution in [0.4, 0.5) is 0 Å². The van der Waals surface area contributed by atoms with E-state index < -0.39 is 6.10 Å². The van der Waals surface area contributed by atoms with E-state index in [1.807, 2.05) is 37.3 Å². The Morgan fingerprint density at radius 3 is 2.48 bits per heavy atom. The Morgan fingerprint density at radius 1 is 1.17 bits per heavy atom. The first-order chi connectivity index (χ1) is 11.0. The van der Waals surface area contributed by atoms with E-state index in [4.69, 9.17) is 27.9 Å². The number of rotatable bonds is 6. The van der Waals surface area contributed by atoms with Gasteiger partial charge in [-0.1, -0.05) is 65.7 Å². The molecule has 3 nitrogen and oxygen atoms in total. The summed E-state index contributed by atoms with van der Waals surface area (Å²) in [5.41, 5.74) is 1.61. The predicted molar refractivity (Wildman–Crippen MR) is 94.1 cm³/mol. The zero-order chi connectivity index (χ0) is 16.8. The summed E-state index contributed by atoms with van der Waals surface area (Å²) in [6, 6.07) is 14.2. The molecule has 0 aliphatic rings. The second kappa shape index (κ2) is 8.04. The number of ether oxygens (including phenoxy) is 1. The van der Waals surface area contributed by atoms with Gasteiger partial charge in [0.1, 0.15) is 5.75 Å². The van der Waals surface area contributed by atoms with E-state index in [1.165, 1.54) is 0 Å². The zero-order valence-corrected chi connectivity index (χ0v) is 14.2. The maximum atomic E-state index is 12.5. The molecule has 2 aromatic carbocycles. The van der Waals surface area contributed by atoms with Crippen molar-refractivity contribution in [3.05, 3.63) is 76.3 Å². The Morgan fingerprint density at radius 2 is 1.87 bits per heavy atom. The largest absolute Gasteiger partial charge is 0.476 e. The number of halogens is 2. The summed E-state index contributed by atoms with van der Waals surface area (Å²) in [5.74, 6) is 0.226. The van der Waals surface area contributed by atoms with Crippen molar-refractivity contribution in [1.29, 1.82) is 0 Å². The molecule has 0 fully saturated rings. The number of carbonyl (C=O) groups is 1. The van der Waals surface area contributed by atoms with Crippen LogP contribution in [0.5, 0.6) is 5.75 Å². The summed E-state index contributed by atoms with van der Waals surface area (Å²) >= 11 is 11.9. The molecule has 1 amide bonds. The Balaban J connectivity index is 2.24. The minimum absolute atomic E-state index is 0.245. The molecule has 0 heterocycles. The van der Waals surface area contributed by atoms with Crippen LogP contribution in [0.15, 0.2) is 60.7 Å². The topological polar surface area (TPSA) is 38.3 Å². The summed E-state index contributed by atoms with van der Waals surface area (Å²) in [5, 5.41) is 3.61. The van der Waals surface area contributed by atoms with Crippen molar-refractivity contribution in [1.82, 2.24) is 5.32 Å². The van der Waals surface area contributed by atoms with Crippen LogP contribution in [0.1, 0.15) is 18.6 Å². The lowest BCUT2D eigenvalue weighted by Crippen LogP contribution is -2.33. The van der Waals surface area contributed by atoms with Crippen LogP contribution < -0.4 is 10.1 Å². The van der Waals surface area contributed by atoms with Gasteiger partial charge in [-0.05, 0) is 19.1 Å². The van der Waals surface area contributed by atoms with Crippen LogP contribution in [0.25, 0.3) is 0 Å². The van der Waals surface area contributed by atoms with Gasteiger partial charge in [0.15, 0.2) is 0 Å². The van der Waals surface area contributed by atoms with Crippen molar-refractivity contribution in [2.75, 3.05) is 6.54 Å². The van der Waals surface area contributed by atoms with Crippen molar-refractivity contribution >= 4 is 29.1 Å². The molecular weight excluding hydrogens is 333 g/mol. The van der Waals surface area contributed by atoms with Crippen LogP contribution in [0, 0.1) is 0 Å². The highest BCUT2D eigenvalue weighted by atomic mass is 35.5. The van der Waals surface area contributed by atoms with Gasteiger partial charge in [-0.15, -0.1) is 0 Å². The van der Waals surface area contributed by atoms with Crippen molar-refractivity contribution in [2.24, 2.45) is 0 Å². The number of hydrogen-bond donors (Lipinski definition) is 1. The first kappa shape index (κ1) is 17.4. The van der Waals surface area contributed by atoms with Gasteiger partial charge in [-0.2, -0.15) is 0 Å². The van der Waals surface area contributed by atoms with Gasteiger partial charge in [0, 0.05) is 18.2 Å². The molecule has 2 rings (SSSR count). The summed E-state index contributed by atoms with van der Waals surface area (Å²) < 4.78 is 5.85. The highest BCUT2D eigenvalue weighted by Crippen LogP contribution is 2.29. The Kier molecular flexibility index (Phi) is 6.08. The fourth-order valence-corrected chi connectivity index (χ4v) is 2.21. The van der Waals surface area contributed by atoms with Gasteiger partial charge in [0.25, 0.3) is 5.91 Å². The van der Waals surface area contributed by atoms with Crippen molar-refractivity contribution < 1.29 is 9.53 Å². The van der Waals surface area contributed by atoms with Crippen LogP contribution in [0.2, 0.25) is 10.0 Å². The third-order valence-corrected chi connectivity index (χ3v) is 3.79. The van der Waals surface area contributed by atoms with E-state index in [-0.39, 0.29) is 5.91 Å². The van der Waals surface area contributed by atoms with E-state index in [1.54, 1.807) is 18.2 Å². The van der Waals surface area contributed by atoms with Gasteiger partial charge >= 0.3 is 0 Å². The number of carbonyl (C=O) groups excluding carboxylic acids is 1. The number of hydrogen-bond acceptors (Lipinski definition) is 2. The third kappa shape index (κ3) is 5.02. The molecule has 0 aromatic heterocycles. The smallest absolute Gasteiger partial charge is 0.266 e. The molecule has 1 N–H and O–H groups in total. The lowest BCUT2D eigenvalue weighted by Gasteiger charge is -2.19. The molecule has 23 heavy (non-hydrogen) atoms. The normalized spacial score (nSPS) is 11.6. The SMILES string of the molecule is C=C(C)CNC(=O)C(Oc1ccc(Cl)c(Cl)c1)c1ccccc1. The standard InChI is InChI=1S/C18H17Cl2NO2/c1-12(2)11-21-18(22)17(13-6-4-3-5-7-13)23-14-8-9-15(19)16(20)10-14/h3-10,17H,1,11H2,2H3,(H,21,22). The van der Waals surface area contributed by atoms with Gasteiger partial charge in [-0.3, -0.25) is 4.79 Å². The Bertz CT molecular complexity index is 701. The Hall–Kier alpha value is -1.97. The van der Waals surface area contributed by atoms with E-state index >= 15 is 0 Å². The van der Waals surface area contributed by atoms with Crippen molar-refractivity contribution in [2.45, 2.75) is 13.0 Å². The number of benzene rings is 2. The monoisotopic (exact) mass is 349 g/mol. The van der Waals surface area contributed by atoms with E-state index in [2.05, 4.69) is 11.9 Å². The van der Waals surface area contributed by atoms with Gasteiger partial charge in [0.05, 0.1) is 10.0 Å². The first-order valence-electron chi connectivity index (χ1n) is 7.06.